The van der Waals surface area contributed by atoms with Gasteiger partial charge in [-0.25, -0.2) is 14.4 Å². The van der Waals surface area contributed by atoms with Crippen molar-refractivity contribution in [3.05, 3.63) is 29.5 Å². The largest absolute Gasteiger partial charge is 0.494 e. The lowest BCUT2D eigenvalue weighted by molar-refractivity contribution is 0.387. The van der Waals surface area contributed by atoms with Crippen molar-refractivity contribution in [2.45, 2.75) is 27.7 Å². The molecule has 0 radical (unpaired) electrons. The van der Waals surface area contributed by atoms with Crippen molar-refractivity contribution in [1.82, 2.24) is 9.97 Å². The summed E-state index contributed by atoms with van der Waals surface area (Å²) in [6.07, 6.45) is 0. The number of hydrogen-bond acceptors (Lipinski definition) is 3. The standard InChI is InChI=1S/C11H11FN2O.C2H6/c1-6-8-4-9(12)11(15-3)5-10(8)14-7(2)13-6;1-2/h4-5H,1-3H3;1-2H3. The maximum Gasteiger partial charge on any atom is 0.165 e. The molecule has 0 atom stereocenters. The summed E-state index contributed by atoms with van der Waals surface area (Å²) >= 11 is 0. The third kappa shape index (κ3) is 2.70. The molecule has 0 saturated carbocycles. The van der Waals surface area contributed by atoms with Crippen molar-refractivity contribution in [3.8, 4) is 5.75 Å². The molecule has 1 aromatic heterocycles. The van der Waals surface area contributed by atoms with Crippen LogP contribution in [0.15, 0.2) is 12.1 Å². The van der Waals surface area contributed by atoms with Crippen molar-refractivity contribution >= 4 is 10.9 Å². The molecule has 92 valence electrons. The van der Waals surface area contributed by atoms with Gasteiger partial charge in [0.1, 0.15) is 5.82 Å². The van der Waals surface area contributed by atoms with E-state index in [1.807, 2.05) is 27.7 Å². The Morgan fingerprint density at radius 1 is 1.12 bits per heavy atom. The van der Waals surface area contributed by atoms with E-state index in [-0.39, 0.29) is 11.6 Å². The van der Waals surface area contributed by atoms with E-state index in [2.05, 4.69) is 9.97 Å². The number of aryl methyl sites for hydroxylation is 2. The minimum atomic E-state index is -0.388. The molecule has 0 saturated heterocycles. The minimum absolute atomic E-state index is 0.208. The zero-order valence-electron chi connectivity index (χ0n) is 10.8. The highest BCUT2D eigenvalue weighted by atomic mass is 19.1. The first-order valence-corrected chi connectivity index (χ1v) is 5.60. The predicted octanol–water partition coefficient (Wildman–Crippen LogP) is 3.42. The Hall–Kier alpha value is -1.71. The highest BCUT2D eigenvalue weighted by molar-refractivity contribution is 5.82. The van der Waals surface area contributed by atoms with Gasteiger partial charge in [-0.3, -0.25) is 0 Å². The van der Waals surface area contributed by atoms with Gasteiger partial charge in [-0.2, -0.15) is 0 Å². The fourth-order valence-corrected chi connectivity index (χ4v) is 1.58. The first kappa shape index (κ1) is 13.4. The van der Waals surface area contributed by atoms with Crippen molar-refractivity contribution in [3.63, 3.8) is 0 Å². The van der Waals surface area contributed by atoms with Gasteiger partial charge in [0, 0.05) is 17.1 Å². The Balaban J connectivity index is 0.000000686. The SMILES string of the molecule is CC.COc1cc2nc(C)nc(C)c2cc1F. The molecular formula is C13H17FN2O. The van der Waals surface area contributed by atoms with Crippen LogP contribution >= 0.6 is 0 Å². The van der Waals surface area contributed by atoms with Crippen LogP contribution in [-0.4, -0.2) is 17.1 Å². The van der Waals surface area contributed by atoms with Crippen LogP contribution < -0.4 is 4.74 Å². The van der Waals surface area contributed by atoms with Gasteiger partial charge in [0.15, 0.2) is 11.6 Å². The second-order valence-corrected chi connectivity index (χ2v) is 3.36. The van der Waals surface area contributed by atoms with Crippen molar-refractivity contribution < 1.29 is 9.13 Å². The predicted molar refractivity (Wildman–Crippen MR) is 66.9 cm³/mol. The molecule has 1 aromatic carbocycles. The van der Waals surface area contributed by atoms with Crippen molar-refractivity contribution in [2.24, 2.45) is 0 Å². The Labute approximate surface area is 101 Å². The van der Waals surface area contributed by atoms with Crippen LogP contribution in [0.3, 0.4) is 0 Å². The maximum atomic E-state index is 13.4. The lowest BCUT2D eigenvalue weighted by Gasteiger charge is -2.06. The number of methoxy groups -OCH3 is 1. The maximum absolute atomic E-state index is 13.4. The molecule has 17 heavy (non-hydrogen) atoms. The Bertz CT molecular complexity index is 526. The normalized spacial score (nSPS) is 9.76. The van der Waals surface area contributed by atoms with Crippen molar-refractivity contribution in [2.75, 3.05) is 7.11 Å². The van der Waals surface area contributed by atoms with Gasteiger partial charge in [-0.05, 0) is 19.9 Å². The molecule has 3 nitrogen and oxygen atoms in total. The van der Waals surface area contributed by atoms with Crippen LogP contribution in [-0.2, 0) is 0 Å². The summed E-state index contributed by atoms with van der Waals surface area (Å²) in [6, 6.07) is 3.00. The Morgan fingerprint density at radius 2 is 1.76 bits per heavy atom. The Kier molecular flexibility index (Phi) is 4.37. The lowest BCUT2D eigenvalue weighted by Crippen LogP contribution is -1.95. The Morgan fingerprint density at radius 3 is 2.35 bits per heavy atom. The number of nitrogens with zero attached hydrogens (tertiary/aromatic N) is 2. The van der Waals surface area contributed by atoms with E-state index in [1.165, 1.54) is 13.2 Å². The molecule has 0 N–H and O–H groups in total. The summed E-state index contributed by atoms with van der Waals surface area (Å²) in [5.41, 5.74) is 1.48. The number of rotatable bonds is 1. The molecule has 2 rings (SSSR count). The van der Waals surface area contributed by atoms with Gasteiger partial charge in [0.2, 0.25) is 0 Å². The second-order valence-electron chi connectivity index (χ2n) is 3.36. The monoisotopic (exact) mass is 236 g/mol. The quantitative estimate of drug-likeness (QED) is 0.761. The topological polar surface area (TPSA) is 35.0 Å². The molecule has 2 aromatic rings. The molecule has 0 unspecified atom stereocenters. The van der Waals surface area contributed by atoms with E-state index in [1.54, 1.807) is 6.07 Å². The first-order valence-electron chi connectivity index (χ1n) is 5.60. The summed E-state index contributed by atoms with van der Waals surface area (Å²) in [6.45, 7) is 7.64. The average molecular weight is 236 g/mol. The zero-order chi connectivity index (χ0) is 13.0. The molecule has 0 spiro atoms. The summed E-state index contributed by atoms with van der Waals surface area (Å²) in [7, 11) is 1.44. The summed E-state index contributed by atoms with van der Waals surface area (Å²) in [4.78, 5) is 8.41. The minimum Gasteiger partial charge on any atom is -0.494 e. The molecule has 0 aliphatic carbocycles. The fourth-order valence-electron chi connectivity index (χ4n) is 1.58. The van der Waals surface area contributed by atoms with E-state index in [0.717, 1.165) is 11.1 Å². The molecule has 1 heterocycles. The molecule has 0 aliphatic heterocycles. The first-order chi connectivity index (χ1) is 8.11. The fraction of sp³-hybridized carbons (Fsp3) is 0.385. The highest BCUT2D eigenvalue weighted by Crippen LogP contribution is 2.24. The van der Waals surface area contributed by atoms with Gasteiger partial charge in [0.05, 0.1) is 12.6 Å². The second kappa shape index (κ2) is 5.57. The smallest absolute Gasteiger partial charge is 0.165 e. The summed E-state index contributed by atoms with van der Waals surface area (Å²) in [5, 5.41) is 0.721. The van der Waals surface area contributed by atoms with E-state index in [0.29, 0.717) is 11.3 Å². The van der Waals surface area contributed by atoms with Crippen molar-refractivity contribution in [1.29, 1.82) is 0 Å². The van der Waals surface area contributed by atoms with Crippen LogP contribution in [0.2, 0.25) is 0 Å². The molecular weight excluding hydrogens is 219 g/mol. The van der Waals surface area contributed by atoms with Gasteiger partial charge in [-0.1, -0.05) is 13.8 Å². The number of hydrogen-bond donors (Lipinski definition) is 0. The third-order valence-electron chi connectivity index (χ3n) is 2.27. The molecule has 4 heteroatoms. The highest BCUT2D eigenvalue weighted by Gasteiger charge is 2.08. The van der Waals surface area contributed by atoms with Gasteiger partial charge in [0.25, 0.3) is 0 Å². The molecule has 0 amide bonds. The molecule has 0 aliphatic rings. The summed E-state index contributed by atoms with van der Waals surface area (Å²) < 4.78 is 18.3. The number of benzene rings is 1. The zero-order valence-corrected chi connectivity index (χ0v) is 10.8. The number of halogens is 1. The van der Waals surface area contributed by atoms with Crippen LogP contribution in [0, 0.1) is 19.7 Å². The number of fused-ring (bicyclic) bond motifs is 1. The van der Waals surface area contributed by atoms with Crippen LogP contribution in [0.4, 0.5) is 4.39 Å². The van der Waals surface area contributed by atoms with E-state index < -0.39 is 0 Å². The lowest BCUT2D eigenvalue weighted by atomic mass is 10.2. The van der Waals surface area contributed by atoms with E-state index in [4.69, 9.17) is 4.74 Å². The number of aromatic nitrogens is 2. The van der Waals surface area contributed by atoms with Crippen LogP contribution in [0.25, 0.3) is 10.9 Å². The molecule has 0 fully saturated rings. The van der Waals surface area contributed by atoms with Crippen LogP contribution in [0.1, 0.15) is 25.4 Å². The number of ether oxygens (including phenoxy) is 1. The van der Waals surface area contributed by atoms with E-state index >= 15 is 0 Å². The van der Waals surface area contributed by atoms with Gasteiger partial charge >= 0.3 is 0 Å². The van der Waals surface area contributed by atoms with Crippen LogP contribution in [0.5, 0.6) is 5.75 Å². The third-order valence-corrected chi connectivity index (χ3v) is 2.27. The molecule has 0 bridgehead atoms. The van der Waals surface area contributed by atoms with Gasteiger partial charge in [-0.15, -0.1) is 0 Å². The summed E-state index contributed by atoms with van der Waals surface area (Å²) in [5.74, 6) is 0.495. The average Bonchev–Trinajstić information content (AvgIpc) is 2.32. The van der Waals surface area contributed by atoms with E-state index in [9.17, 15) is 4.39 Å². The van der Waals surface area contributed by atoms with Gasteiger partial charge < -0.3 is 4.74 Å².